The molecule has 1 aliphatic carbocycles. The molecule has 9 nitrogen and oxygen atoms in total. The molecule has 0 radical (unpaired) electrons. The first-order valence-electron chi connectivity index (χ1n) is 24.7. The topological polar surface area (TPSA) is 59.1 Å². The highest BCUT2D eigenvalue weighted by molar-refractivity contribution is 5.13. The summed E-state index contributed by atoms with van der Waals surface area (Å²) in [5.74, 6) is 0. The van der Waals surface area contributed by atoms with E-state index in [4.69, 9.17) is 23.7 Å². The van der Waals surface area contributed by atoms with E-state index in [1.165, 1.54) is 129 Å². The van der Waals surface area contributed by atoms with Gasteiger partial charge in [-0.2, -0.15) is 0 Å². The first kappa shape index (κ1) is 55.0. The summed E-state index contributed by atoms with van der Waals surface area (Å²) >= 11 is 0. The van der Waals surface area contributed by atoms with Gasteiger partial charge in [0.15, 0.2) is 0 Å². The normalized spacial score (nSPS) is 21.1. The van der Waals surface area contributed by atoms with Gasteiger partial charge in [0.2, 0.25) is 0 Å². The predicted octanol–water partition coefficient (Wildman–Crippen LogP) is 10.3. The van der Waals surface area contributed by atoms with Crippen molar-refractivity contribution in [2.24, 2.45) is 0 Å². The van der Waals surface area contributed by atoms with Crippen molar-refractivity contribution in [1.29, 1.82) is 0 Å². The molecule has 352 valence electrons. The van der Waals surface area contributed by atoms with Crippen LogP contribution in [0.3, 0.4) is 0 Å². The monoisotopic (exact) mass is 847 g/mol. The molecule has 4 aliphatic heterocycles. The van der Waals surface area contributed by atoms with E-state index in [1.54, 1.807) is 0 Å². The maximum absolute atomic E-state index is 5.81. The van der Waals surface area contributed by atoms with Crippen LogP contribution in [0, 0.1) is 0 Å². The van der Waals surface area contributed by atoms with Gasteiger partial charge in [-0.15, -0.1) is 0 Å². The number of nitrogens with zero attached hydrogens (tertiary/aromatic N) is 4. The second-order valence-electron chi connectivity index (χ2n) is 19.5. The fraction of sp³-hybridized carbons (Fsp3) is 0.882. The Morgan fingerprint density at radius 1 is 0.483 bits per heavy atom. The number of hydrogen-bond acceptors (Lipinski definition) is 9. The van der Waals surface area contributed by atoms with E-state index in [0.717, 1.165) is 12.6 Å². The van der Waals surface area contributed by atoms with Gasteiger partial charge < -0.3 is 43.3 Å². The first-order chi connectivity index (χ1) is 28.5. The number of hydrogen-bond donors (Lipinski definition) is 0. The molecular formula is C51H98N4O5. The smallest absolute Gasteiger partial charge is 0.0720 e. The third kappa shape index (κ3) is 27.1. The molecule has 4 saturated heterocycles. The number of ether oxygens (including phenoxy) is 5. The number of rotatable bonds is 14. The van der Waals surface area contributed by atoms with E-state index in [-0.39, 0.29) is 0 Å². The Morgan fingerprint density at radius 3 is 1.22 bits per heavy atom. The summed E-state index contributed by atoms with van der Waals surface area (Å²) in [6, 6.07) is 11.8. The Kier molecular flexibility index (Phi) is 29.0. The van der Waals surface area contributed by atoms with E-state index in [1.807, 2.05) is 32.0 Å². The van der Waals surface area contributed by atoms with Gasteiger partial charge in [0.05, 0.1) is 61.5 Å². The lowest BCUT2D eigenvalue weighted by Crippen LogP contribution is -2.41. The van der Waals surface area contributed by atoms with Gasteiger partial charge in [-0.05, 0) is 166 Å². The van der Waals surface area contributed by atoms with Gasteiger partial charge in [-0.3, -0.25) is 0 Å². The summed E-state index contributed by atoms with van der Waals surface area (Å²) in [5.41, 5.74) is 1.24. The largest absolute Gasteiger partial charge is 0.375 e. The van der Waals surface area contributed by atoms with Gasteiger partial charge in [0.25, 0.3) is 0 Å². The van der Waals surface area contributed by atoms with Crippen LogP contribution in [0.1, 0.15) is 160 Å². The van der Waals surface area contributed by atoms with Crippen molar-refractivity contribution < 1.29 is 23.7 Å². The highest BCUT2D eigenvalue weighted by Crippen LogP contribution is 2.30. The van der Waals surface area contributed by atoms with Crippen LogP contribution >= 0.6 is 0 Å². The summed E-state index contributed by atoms with van der Waals surface area (Å²) < 4.78 is 28.5. The number of benzene rings is 1. The number of likely N-dealkylation sites (tertiary alicyclic amines) is 4. The molecular weight excluding hydrogens is 749 g/mol. The van der Waals surface area contributed by atoms with Gasteiger partial charge in [-0.1, -0.05) is 37.3 Å². The first-order valence-corrected chi connectivity index (χ1v) is 24.7. The Labute approximate surface area is 371 Å². The molecule has 5 aliphatic rings. The van der Waals surface area contributed by atoms with E-state index in [0.29, 0.717) is 61.0 Å². The summed E-state index contributed by atoms with van der Waals surface area (Å²) in [6.45, 7) is 39.5. The van der Waals surface area contributed by atoms with Crippen molar-refractivity contribution in [3.05, 3.63) is 35.9 Å². The quantitative estimate of drug-likeness (QED) is 0.182. The maximum Gasteiger partial charge on any atom is 0.0720 e. The summed E-state index contributed by atoms with van der Waals surface area (Å²) in [4.78, 5) is 10.0. The second kappa shape index (κ2) is 31.7. The van der Waals surface area contributed by atoms with Crippen molar-refractivity contribution in [1.82, 2.24) is 19.6 Å². The fourth-order valence-electron chi connectivity index (χ4n) is 8.20. The van der Waals surface area contributed by atoms with Gasteiger partial charge in [-0.25, -0.2) is 0 Å². The zero-order chi connectivity index (χ0) is 44.5. The average molecular weight is 847 g/mol. The lowest BCUT2D eigenvalue weighted by molar-refractivity contribution is -0.0309. The lowest BCUT2D eigenvalue weighted by atomic mass is 10.1. The number of piperidine rings is 4. The molecule has 6 rings (SSSR count). The van der Waals surface area contributed by atoms with Crippen LogP contribution in [0.5, 0.6) is 0 Å². The molecule has 0 N–H and O–H groups in total. The molecule has 1 aromatic rings. The summed E-state index contributed by atoms with van der Waals surface area (Å²) in [7, 11) is 2.17. The van der Waals surface area contributed by atoms with E-state index in [9.17, 15) is 0 Å². The van der Waals surface area contributed by atoms with Crippen LogP contribution in [-0.2, 0) is 30.3 Å². The van der Waals surface area contributed by atoms with E-state index < -0.39 is 0 Å². The molecule has 0 amide bonds. The standard InChI is InChI=1S/C11H21NO.C11H23NO.C10H21NO.C10H14O.C9H19NO/c1-9(2)13-11-5-7-12(8-6-11)10-3-4-10;1-9(2)12-7-5-11(6-8-12)13-10(3)4;1-4-11-7-5-10(6-8-11)12-9(2)3;1-9(2)11-8-10-6-4-3-5-7-10;1-8(2)11-9-4-6-10(3)7-5-9/h9-11H,3-8H2,1-2H3;9-11H,5-8H2,1-4H3;9-10H,4-8H2,1-3H3;3-7,9H,8H2,1-2H3;8-9H,4-7H2,1-3H3. The van der Waals surface area contributed by atoms with Crippen molar-refractivity contribution in [3.8, 4) is 0 Å². The van der Waals surface area contributed by atoms with Crippen molar-refractivity contribution in [3.63, 3.8) is 0 Å². The highest BCUT2D eigenvalue weighted by atomic mass is 16.5. The Bertz CT molecular complexity index is 1090. The minimum atomic E-state index is 0.315. The van der Waals surface area contributed by atoms with E-state index in [2.05, 4.69) is 115 Å². The molecule has 5 fully saturated rings. The molecule has 0 bridgehead atoms. The fourth-order valence-corrected chi connectivity index (χ4v) is 8.20. The lowest BCUT2D eigenvalue weighted by Gasteiger charge is -2.35. The molecule has 9 heteroatoms. The Morgan fingerprint density at radius 2 is 0.867 bits per heavy atom. The third-order valence-corrected chi connectivity index (χ3v) is 11.7. The zero-order valence-corrected chi connectivity index (χ0v) is 41.7. The summed E-state index contributed by atoms with van der Waals surface area (Å²) in [6.07, 6.45) is 16.6. The van der Waals surface area contributed by atoms with Gasteiger partial charge >= 0.3 is 0 Å². The van der Waals surface area contributed by atoms with Gasteiger partial charge in [0, 0.05) is 64.4 Å². The van der Waals surface area contributed by atoms with Crippen molar-refractivity contribution in [2.45, 2.75) is 228 Å². The minimum Gasteiger partial charge on any atom is -0.375 e. The summed E-state index contributed by atoms with van der Waals surface area (Å²) in [5, 5.41) is 0. The molecule has 0 atom stereocenters. The second-order valence-corrected chi connectivity index (χ2v) is 19.5. The van der Waals surface area contributed by atoms with E-state index >= 15 is 0 Å². The van der Waals surface area contributed by atoms with Crippen molar-refractivity contribution >= 4 is 0 Å². The third-order valence-electron chi connectivity index (χ3n) is 11.7. The van der Waals surface area contributed by atoms with Crippen LogP contribution < -0.4 is 0 Å². The van der Waals surface area contributed by atoms with Crippen LogP contribution in [0.2, 0.25) is 0 Å². The average Bonchev–Trinajstić information content (AvgIpc) is 4.06. The molecule has 0 unspecified atom stereocenters. The molecule has 0 aromatic heterocycles. The predicted molar refractivity (Wildman–Crippen MR) is 254 cm³/mol. The molecule has 60 heavy (non-hydrogen) atoms. The van der Waals surface area contributed by atoms with Crippen LogP contribution in [0.4, 0.5) is 0 Å². The van der Waals surface area contributed by atoms with Gasteiger partial charge in [0.1, 0.15) is 0 Å². The van der Waals surface area contributed by atoms with Crippen LogP contribution in [0.15, 0.2) is 30.3 Å². The molecule has 0 spiro atoms. The maximum atomic E-state index is 5.81. The highest BCUT2D eigenvalue weighted by Gasteiger charge is 2.32. The Balaban J connectivity index is 0.000000259. The van der Waals surface area contributed by atoms with Crippen LogP contribution in [0.25, 0.3) is 0 Å². The Hall–Kier alpha value is -1.14. The van der Waals surface area contributed by atoms with Crippen LogP contribution in [-0.4, -0.2) is 153 Å². The molecule has 1 aromatic carbocycles. The minimum absolute atomic E-state index is 0.315. The molecule has 1 saturated carbocycles. The SMILES string of the molecule is CC(C)OC1CCN(C(C)C)CC1.CC(C)OC1CCN(C)CC1.CC(C)OC1CCN(C2CC2)CC1.CC(C)OCc1ccccc1.CCN1CCC(OC(C)C)CC1. The van der Waals surface area contributed by atoms with Crippen molar-refractivity contribution in [2.75, 3.05) is 66.0 Å². The molecule has 4 heterocycles. The zero-order valence-electron chi connectivity index (χ0n) is 41.7.